The monoisotopic (exact) mass is 477 g/mol. The molecule has 2 aliphatic rings. The Kier molecular flexibility index (Phi) is 6.93. The van der Waals surface area contributed by atoms with Crippen molar-refractivity contribution in [3.05, 3.63) is 64.7 Å². The largest absolute Gasteiger partial charge is 0.507 e. The predicted molar refractivity (Wildman–Crippen MR) is 136 cm³/mol. The first-order chi connectivity index (χ1) is 16.7. The van der Waals surface area contributed by atoms with Crippen molar-refractivity contribution >= 4 is 17.4 Å². The zero-order valence-electron chi connectivity index (χ0n) is 21.3. The molecule has 0 bridgehead atoms. The van der Waals surface area contributed by atoms with Gasteiger partial charge in [-0.25, -0.2) is 0 Å². The van der Waals surface area contributed by atoms with Crippen LogP contribution in [-0.4, -0.2) is 41.5 Å². The molecule has 1 amide bonds. The molecular weight excluding hydrogens is 442 g/mol. The van der Waals surface area contributed by atoms with Gasteiger partial charge in [0.25, 0.3) is 11.7 Å². The van der Waals surface area contributed by atoms with E-state index in [9.17, 15) is 14.7 Å². The molecule has 6 heteroatoms. The van der Waals surface area contributed by atoms with Gasteiger partial charge in [0.1, 0.15) is 17.3 Å². The molecule has 186 valence electrons. The van der Waals surface area contributed by atoms with Crippen LogP contribution in [0.3, 0.4) is 0 Å². The van der Waals surface area contributed by atoms with E-state index in [1.54, 1.807) is 24.1 Å². The highest BCUT2D eigenvalue weighted by atomic mass is 16.5. The number of methoxy groups -OCH3 is 1. The first-order valence-electron chi connectivity index (χ1n) is 12.4. The number of Topliss-reactive ketones (excluding diaryl/α,β-unsaturated/α-hetero) is 1. The second-order valence-electron chi connectivity index (χ2n) is 10.3. The molecule has 0 spiro atoms. The molecule has 4 rings (SSSR count). The lowest BCUT2D eigenvalue weighted by Gasteiger charge is -2.31. The van der Waals surface area contributed by atoms with Crippen LogP contribution in [0.25, 0.3) is 5.76 Å². The van der Waals surface area contributed by atoms with Crippen molar-refractivity contribution in [2.75, 3.05) is 13.7 Å². The van der Waals surface area contributed by atoms with Gasteiger partial charge in [0.2, 0.25) is 0 Å². The molecule has 0 radical (unpaired) electrons. The Labute approximate surface area is 207 Å². The maximum atomic E-state index is 13.4. The summed E-state index contributed by atoms with van der Waals surface area (Å²) >= 11 is 0. The zero-order chi connectivity index (χ0) is 25.3. The van der Waals surface area contributed by atoms with Crippen molar-refractivity contribution in [1.82, 2.24) is 4.90 Å². The van der Waals surface area contributed by atoms with Crippen LogP contribution in [0.1, 0.15) is 76.1 Å². The highest BCUT2D eigenvalue weighted by molar-refractivity contribution is 6.46. The second kappa shape index (κ2) is 9.76. The van der Waals surface area contributed by atoms with E-state index in [1.807, 2.05) is 37.3 Å². The van der Waals surface area contributed by atoms with Crippen molar-refractivity contribution < 1.29 is 24.2 Å². The van der Waals surface area contributed by atoms with Crippen molar-refractivity contribution in [3.63, 3.8) is 0 Å². The third-order valence-corrected chi connectivity index (χ3v) is 6.96. The molecule has 1 heterocycles. The Bertz CT molecular complexity index is 1150. The van der Waals surface area contributed by atoms with E-state index in [4.69, 9.17) is 9.47 Å². The Hall–Kier alpha value is -3.28. The molecule has 0 aromatic heterocycles. The second-order valence-corrected chi connectivity index (χ2v) is 10.3. The van der Waals surface area contributed by atoms with Gasteiger partial charge in [-0.15, -0.1) is 0 Å². The minimum atomic E-state index is -0.668. The molecule has 1 saturated heterocycles. The normalized spacial score (nSPS) is 20.5. The van der Waals surface area contributed by atoms with Crippen LogP contribution >= 0.6 is 0 Å². The summed E-state index contributed by atoms with van der Waals surface area (Å²) in [6.45, 7) is 8.61. The Morgan fingerprint density at radius 2 is 1.80 bits per heavy atom. The van der Waals surface area contributed by atoms with E-state index in [0.717, 1.165) is 36.8 Å². The summed E-state index contributed by atoms with van der Waals surface area (Å²) in [6, 6.07) is 12.2. The maximum absolute atomic E-state index is 13.4. The third kappa shape index (κ3) is 4.66. The van der Waals surface area contributed by atoms with Gasteiger partial charge >= 0.3 is 0 Å². The standard InChI is InChI=1S/C29H35NO5/c1-6-35-21-13-9-10-18(16-21)25-24(27(32)28(33)30(25)20-11-7-8-12-20)26(31)19-14-15-23(34-5)22(17-19)29(2,3)4/h9-10,13-17,20,25,31H,6-8,11-12H2,1-5H3/b26-24+. The number of aliphatic hydroxyl groups is 1. The van der Waals surface area contributed by atoms with Crippen molar-refractivity contribution in [3.8, 4) is 11.5 Å². The fourth-order valence-electron chi connectivity index (χ4n) is 5.27. The number of nitrogens with zero attached hydrogens (tertiary/aromatic N) is 1. The molecule has 2 aromatic rings. The number of amides is 1. The average molecular weight is 478 g/mol. The summed E-state index contributed by atoms with van der Waals surface area (Å²) in [5, 5.41) is 11.5. The van der Waals surface area contributed by atoms with Crippen molar-refractivity contribution in [2.24, 2.45) is 0 Å². The molecule has 1 atom stereocenters. The zero-order valence-corrected chi connectivity index (χ0v) is 21.3. The molecule has 1 aliphatic carbocycles. The summed E-state index contributed by atoms with van der Waals surface area (Å²) < 4.78 is 11.2. The van der Waals surface area contributed by atoms with Crippen LogP contribution < -0.4 is 9.47 Å². The minimum absolute atomic E-state index is 0.0292. The number of rotatable bonds is 6. The van der Waals surface area contributed by atoms with Crippen LogP contribution in [0.4, 0.5) is 0 Å². The number of hydrogen-bond donors (Lipinski definition) is 1. The molecule has 2 aromatic carbocycles. The molecule has 6 nitrogen and oxygen atoms in total. The molecule has 1 unspecified atom stereocenters. The first kappa shape index (κ1) is 24.8. The number of likely N-dealkylation sites (tertiary alicyclic amines) is 1. The number of ether oxygens (including phenoxy) is 2. The van der Waals surface area contributed by atoms with Gasteiger partial charge in [0.15, 0.2) is 0 Å². The smallest absolute Gasteiger partial charge is 0.295 e. The van der Waals surface area contributed by atoms with Crippen LogP contribution in [0.2, 0.25) is 0 Å². The van der Waals surface area contributed by atoms with Crippen LogP contribution in [-0.2, 0) is 15.0 Å². The van der Waals surface area contributed by atoms with Gasteiger partial charge in [-0.05, 0) is 61.1 Å². The van der Waals surface area contributed by atoms with E-state index in [-0.39, 0.29) is 22.8 Å². The SMILES string of the molecule is CCOc1cccc(C2/C(=C(\O)c3ccc(OC)c(C(C)(C)C)c3)C(=O)C(=O)N2C2CCCC2)c1. The fourth-order valence-corrected chi connectivity index (χ4v) is 5.27. The number of ketones is 1. The van der Waals surface area contributed by atoms with E-state index >= 15 is 0 Å². The van der Waals surface area contributed by atoms with Crippen LogP contribution in [0.5, 0.6) is 11.5 Å². The third-order valence-electron chi connectivity index (χ3n) is 6.96. The predicted octanol–water partition coefficient (Wildman–Crippen LogP) is 5.76. The molecule has 2 fully saturated rings. The number of carbonyl (C=O) groups is 2. The van der Waals surface area contributed by atoms with Gasteiger partial charge in [0.05, 0.1) is 25.3 Å². The van der Waals surface area contributed by atoms with Gasteiger partial charge in [-0.3, -0.25) is 9.59 Å². The Morgan fingerprint density at radius 3 is 2.43 bits per heavy atom. The number of benzene rings is 2. The number of hydrogen-bond acceptors (Lipinski definition) is 5. The van der Waals surface area contributed by atoms with Crippen molar-refractivity contribution in [1.29, 1.82) is 0 Å². The summed E-state index contributed by atoms with van der Waals surface area (Å²) in [5.74, 6) is 0.0240. The molecule has 1 saturated carbocycles. The van der Waals surface area contributed by atoms with E-state index in [1.165, 1.54) is 0 Å². The van der Waals surface area contributed by atoms with Crippen LogP contribution in [0, 0.1) is 0 Å². The Balaban J connectivity index is 1.90. The highest BCUT2D eigenvalue weighted by Gasteiger charge is 2.49. The van der Waals surface area contributed by atoms with Gasteiger partial charge in [-0.1, -0.05) is 45.7 Å². The first-order valence-corrected chi connectivity index (χ1v) is 12.4. The molecule has 1 aliphatic heterocycles. The lowest BCUT2D eigenvalue weighted by molar-refractivity contribution is -0.141. The lowest BCUT2D eigenvalue weighted by Crippen LogP contribution is -2.37. The summed E-state index contributed by atoms with van der Waals surface area (Å²) in [5.41, 5.74) is 2.03. The quantitative estimate of drug-likeness (QED) is 0.325. The fraction of sp³-hybridized carbons (Fsp3) is 0.448. The van der Waals surface area contributed by atoms with E-state index in [0.29, 0.717) is 23.7 Å². The van der Waals surface area contributed by atoms with Crippen molar-refractivity contribution in [2.45, 2.75) is 70.9 Å². The van der Waals surface area contributed by atoms with E-state index < -0.39 is 17.7 Å². The van der Waals surface area contributed by atoms with Gasteiger partial charge < -0.3 is 19.5 Å². The van der Waals surface area contributed by atoms with E-state index in [2.05, 4.69) is 20.8 Å². The summed E-state index contributed by atoms with van der Waals surface area (Å²) in [4.78, 5) is 28.5. The Morgan fingerprint density at radius 1 is 1.09 bits per heavy atom. The topological polar surface area (TPSA) is 76.1 Å². The van der Waals surface area contributed by atoms with Gasteiger partial charge in [-0.2, -0.15) is 0 Å². The highest BCUT2D eigenvalue weighted by Crippen LogP contribution is 2.44. The molecule has 1 N–H and O–H groups in total. The number of carbonyl (C=O) groups excluding carboxylic acids is 2. The summed E-state index contributed by atoms with van der Waals surface area (Å²) in [6.07, 6.45) is 3.75. The minimum Gasteiger partial charge on any atom is -0.507 e. The maximum Gasteiger partial charge on any atom is 0.295 e. The summed E-state index contributed by atoms with van der Waals surface area (Å²) in [7, 11) is 1.61. The van der Waals surface area contributed by atoms with Crippen LogP contribution in [0.15, 0.2) is 48.0 Å². The molecule has 35 heavy (non-hydrogen) atoms. The van der Waals surface area contributed by atoms with Gasteiger partial charge in [0, 0.05) is 17.2 Å². The number of aliphatic hydroxyl groups excluding tert-OH is 1. The molecular formula is C29H35NO5. The lowest BCUT2D eigenvalue weighted by atomic mass is 9.84. The average Bonchev–Trinajstić information content (AvgIpc) is 3.45.